The van der Waals surface area contributed by atoms with E-state index in [9.17, 15) is 8.42 Å². The summed E-state index contributed by atoms with van der Waals surface area (Å²) in [6.07, 6.45) is 5.31. The van der Waals surface area contributed by atoms with E-state index in [0.29, 0.717) is 0 Å². The molecule has 2 aromatic carbocycles. The Bertz CT molecular complexity index is 1060. The lowest BCUT2D eigenvalue weighted by Crippen LogP contribution is -2.45. The van der Waals surface area contributed by atoms with Gasteiger partial charge in [-0.2, -0.15) is 5.10 Å². The topological polar surface area (TPSA) is 58.4 Å². The van der Waals surface area contributed by atoms with Crippen LogP contribution in [0.25, 0.3) is 5.69 Å². The van der Waals surface area contributed by atoms with Gasteiger partial charge in [0, 0.05) is 56.4 Å². The molecule has 7 heteroatoms. The predicted molar refractivity (Wildman–Crippen MR) is 116 cm³/mol. The van der Waals surface area contributed by atoms with E-state index in [-0.39, 0.29) is 5.75 Å². The Hall–Kier alpha value is -2.64. The molecule has 0 aliphatic carbocycles. The van der Waals surface area contributed by atoms with E-state index >= 15 is 0 Å². The van der Waals surface area contributed by atoms with Crippen LogP contribution in [0.15, 0.2) is 67.0 Å². The average molecular weight is 411 g/mol. The maximum absolute atomic E-state index is 11.6. The van der Waals surface area contributed by atoms with Gasteiger partial charge in [0.2, 0.25) is 0 Å². The van der Waals surface area contributed by atoms with Crippen molar-refractivity contribution in [1.29, 1.82) is 0 Å². The summed E-state index contributed by atoms with van der Waals surface area (Å²) in [5, 5.41) is 4.48. The van der Waals surface area contributed by atoms with Crippen molar-refractivity contribution in [3.05, 3.63) is 78.1 Å². The van der Waals surface area contributed by atoms with Gasteiger partial charge in [0.1, 0.15) is 0 Å². The van der Waals surface area contributed by atoms with Crippen LogP contribution in [0.1, 0.15) is 11.1 Å². The molecule has 29 heavy (non-hydrogen) atoms. The van der Waals surface area contributed by atoms with E-state index in [1.807, 2.05) is 59.4 Å². The summed E-state index contributed by atoms with van der Waals surface area (Å²) in [7, 11) is -3.02. The van der Waals surface area contributed by atoms with Crippen molar-refractivity contribution < 1.29 is 8.42 Å². The number of hydrogen-bond donors (Lipinski definition) is 0. The lowest BCUT2D eigenvalue weighted by Gasteiger charge is -2.36. The van der Waals surface area contributed by atoms with Gasteiger partial charge in [0.05, 0.1) is 17.6 Å². The summed E-state index contributed by atoms with van der Waals surface area (Å²) in [6, 6.07) is 18.0. The first-order valence-electron chi connectivity index (χ1n) is 9.79. The van der Waals surface area contributed by atoms with Crippen molar-refractivity contribution >= 4 is 15.5 Å². The highest BCUT2D eigenvalue weighted by Crippen LogP contribution is 2.20. The standard InChI is InChI=1S/C22H26N4O2S/c1-29(27,28)18-19-6-5-9-22(14-19)25-12-10-24(11-13-25)16-20-15-23-26(17-20)21-7-3-2-4-8-21/h2-9,14-15,17H,10-13,16,18H2,1H3. The molecule has 1 aromatic heterocycles. The first-order chi connectivity index (χ1) is 14.0. The van der Waals surface area contributed by atoms with Gasteiger partial charge < -0.3 is 4.90 Å². The van der Waals surface area contributed by atoms with Crippen molar-refractivity contribution in [3.63, 3.8) is 0 Å². The smallest absolute Gasteiger partial charge is 0.151 e. The van der Waals surface area contributed by atoms with Crippen LogP contribution in [0.4, 0.5) is 5.69 Å². The molecule has 2 heterocycles. The number of nitrogens with zero attached hydrogens (tertiary/aromatic N) is 4. The van der Waals surface area contributed by atoms with Crippen LogP contribution in [0, 0.1) is 0 Å². The van der Waals surface area contributed by atoms with Crippen LogP contribution in [-0.4, -0.2) is 55.5 Å². The highest BCUT2D eigenvalue weighted by Gasteiger charge is 2.18. The Morgan fingerprint density at radius 1 is 0.897 bits per heavy atom. The first-order valence-corrected chi connectivity index (χ1v) is 11.9. The van der Waals surface area contributed by atoms with Crippen LogP contribution >= 0.6 is 0 Å². The minimum atomic E-state index is -3.02. The number of piperazine rings is 1. The molecule has 1 aliphatic heterocycles. The fourth-order valence-electron chi connectivity index (χ4n) is 3.73. The van der Waals surface area contributed by atoms with Gasteiger partial charge in [-0.05, 0) is 29.8 Å². The van der Waals surface area contributed by atoms with E-state index in [1.165, 1.54) is 11.8 Å². The second-order valence-electron chi connectivity index (χ2n) is 7.63. The Balaban J connectivity index is 1.34. The van der Waals surface area contributed by atoms with E-state index in [1.54, 1.807) is 0 Å². The Morgan fingerprint density at radius 2 is 1.62 bits per heavy atom. The largest absolute Gasteiger partial charge is 0.369 e. The first kappa shape index (κ1) is 19.7. The number of para-hydroxylation sites is 1. The molecule has 0 atom stereocenters. The van der Waals surface area contributed by atoms with Crippen LogP contribution in [0.3, 0.4) is 0 Å². The molecular formula is C22H26N4O2S. The number of benzene rings is 2. The zero-order valence-corrected chi connectivity index (χ0v) is 17.4. The van der Waals surface area contributed by atoms with Crippen LogP contribution in [0.5, 0.6) is 0 Å². The molecule has 0 radical (unpaired) electrons. The van der Waals surface area contributed by atoms with Gasteiger partial charge in [-0.1, -0.05) is 30.3 Å². The molecule has 4 rings (SSSR count). The van der Waals surface area contributed by atoms with E-state index in [4.69, 9.17) is 0 Å². The maximum atomic E-state index is 11.6. The van der Waals surface area contributed by atoms with Crippen LogP contribution < -0.4 is 4.90 Å². The molecular weight excluding hydrogens is 384 g/mol. The molecule has 0 bridgehead atoms. The normalized spacial score (nSPS) is 15.6. The van der Waals surface area contributed by atoms with Crippen molar-refractivity contribution in [2.24, 2.45) is 0 Å². The lowest BCUT2D eigenvalue weighted by molar-refractivity contribution is 0.250. The molecule has 1 aliphatic rings. The monoisotopic (exact) mass is 410 g/mol. The summed E-state index contributed by atoms with van der Waals surface area (Å²) in [5.74, 6) is 0.0895. The summed E-state index contributed by atoms with van der Waals surface area (Å²) in [5.41, 5.74) is 4.22. The third-order valence-electron chi connectivity index (χ3n) is 5.14. The van der Waals surface area contributed by atoms with Crippen LogP contribution in [-0.2, 0) is 22.1 Å². The van der Waals surface area contributed by atoms with E-state index in [0.717, 1.165) is 49.7 Å². The van der Waals surface area contributed by atoms with Crippen molar-refractivity contribution in [3.8, 4) is 5.69 Å². The summed E-state index contributed by atoms with van der Waals surface area (Å²) in [6.45, 7) is 4.67. The van der Waals surface area contributed by atoms with Crippen LogP contribution in [0.2, 0.25) is 0 Å². The molecule has 0 saturated carbocycles. The second kappa shape index (κ2) is 8.39. The zero-order valence-electron chi connectivity index (χ0n) is 16.6. The summed E-state index contributed by atoms with van der Waals surface area (Å²) >= 11 is 0. The van der Waals surface area contributed by atoms with E-state index < -0.39 is 9.84 Å². The van der Waals surface area contributed by atoms with Gasteiger partial charge in [-0.3, -0.25) is 4.90 Å². The molecule has 1 saturated heterocycles. The fraction of sp³-hybridized carbons (Fsp3) is 0.318. The van der Waals surface area contributed by atoms with Gasteiger partial charge in [-0.15, -0.1) is 0 Å². The van der Waals surface area contributed by atoms with Gasteiger partial charge in [-0.25, -0.2) is 13.1 Å². The number of sulfone groups is 1. The quantitative estimate of drug-likeness (QED) is 0.625. The van der Waals surface area contributed by atoms with Gasteiger partial charge >= 0.3 is 0 Å². The predicted octanol–water partition coefficient (Wildman–Crippen LogP) is 2.74. The SMILES string of the molecule is CS(=O)(=O)Cc1cccc(N2CCN(Cc3cnn(-c4ccccc4)c3)CC2)c1. The lowest BCUT2D eigenvalue weighted by atomic mass is 10.2. The minimum absolute atomic E-state index is 0.0895. The number of hydrogen-bond acceptors (Lipinski definition) is 5. The number of aromatic nitrogens is 2. The number of anilines is 1. The number of rotatable bonds is 6. The Kier molecular flexibility index (Phi) is 5.69. The summed E-state index contributed by atoms with van der Waals surface area (Å²) < 4.78 is 25.1. The fourth-order valence-corrected chi connectivity index (χ4v) is 4.52. The van der Waals surface area contributed by atoms with Crippen molar-refractivity contribution in [2.75, 3.05) is 37.3 Å². The molecule has 3 aromatic rings. The molecule has 1 fully saturated rings. The average Bonchev–Trinajstić information content (AvgIpc) is 3.17. The third-order valence-corrected chi connectivity index (χ3v) is 6.00. The highest BCUT2D eigenvalue weighted by molar-refractivity contribution is 7.89. The molecule has 0 amide bonds. The van der Waals surface area contributed by atoms with E-state index in [2.05, 4.69) is 27.2 Å². The van der Waals surface area contributed by atoms with Crippen molar-refractivity contribution in [1.82, 2.24) is 14.7 Å². The Morgan fingerprint density at radius 3 is 2.34 bits per heavy atom. The molecule has 0 unspecified atom stereocenters. The zero-order chi connectivity index (χ0) is 20.3. The third kappa shape index (κ3) is 5.25. The van der Waals surface area contributed by atoms with Gasteiger partial charge in [0.15, 0.2) is 9.84 Å². The maximum Gasteiger partial charge on any atom is 0.151 e. The summed E-state index contributed by atoms with van der Waals surface area (Å²) in [4.78, 5) is 4.76. The molecule has 0 N–H and O–H groups in total. The highest BCUT2D eigenvalue weighted by atomic mass is 32.2. The van der Waals surface area contributed by atoms with Gasteiger partial charge in [0.25, 0.3) is 0 Å². The molecule has 152 valence electrons. The molecule has 6 nitrogen and oxygen atoms in total. The molecule has 0 spiro atoms. The van der Waals surface area contributed by atoms with Crippen molar-refractivity contribution in [2.45, 2.75) is 12.3 Å². The second-order valence-corrected chi connectivity index (χ2v) is 9.77. The Labute approximate surface area is 172 Å². The minimum Gasteiger partial charge on any atom is -0.369 e.